The number of piperazine rings is 3. The number of aliphatic hydroxyl groups excluding tert-OH is 1. The Kier molecular flexibility index (Phi) is 4.92. The van der Waals surface area contributed by atoms with Gasteiger partial charge in [0, 0.05) is 51.9 Å². The number of nitrogens with zero attached hydrogens (tertiary/aromatic N) is 3. The predicted octanol–water partition coefficient (Wildman–Crippen LogP) is 0.678. The maximum atomic E-state index is 12.9. The maximum absolute atomic E-state index is 12.9. The third kappa shape index (κ3) is 3.38. The average Bonchev–Trinajstić information content (AvgIpc) is 3.09. The Balaban J connectivity index is 1.40. The van der Waals surface area contributed by atoms with E-state index in [1.165, 1.54) is 11.1 Å². The van der Waals surface area contributed by atoms with Crippen LogP contribution in [-0.4, -0.2) is 84.3 Å². The summed E-state index contributed by atoms with van der Waals surface area (Å²) in [5.74, 6) is 0. The van der Waals surface area contributed by atoms with Gasteiger partial charge in [0.05, 0.1) is 12.6 Å². The van der Waals surface area contributed by atoms with Gasteiger partial charge in [-0.2, -0.15) is 0 Å². The van der Waals surface area contributed by atoms with Crippen molar-refractivity contribution in [3.05, 3.63) is 35.4 Å². The molecule has 2 atom stereocenters. The van der Waals surface area contributed by atoms with Gasteiger partial charge in [0.1, 0.15) is 0 Å². The number of benzene rings is 1. The monoisotopic (exact) mass is 344 g/mol. The molecule has 3 fully saturated rings. The number of urea groups is 1. The molecule has 6 heteroatoms. The van der Waals surface area contributed by atoms with Crippen LogP contribution in [0.25, 0.3) is 0 Å². The van der Waals surface area contributed by atoms with Crippen molar-refractivity contribution in [2.45, 2.75) is 24.9 Å². The SMILES string of the molecule is O=C(NCC1CN2CCN1CC2)N(CCO)C1CCc2ccccc21. The van der Waals surface area contributed by atoms with Gasteiger partial charge in [-0.1, -0.05) is 24.3 Å². The van der Waals surface area contributed by atoms with Gasteiger partial charge < -0.3 is 15.3 Å². The van der Waals surface area contributed by atoms with Crippen molar-refractivity contribution in [2.24, 2.45) is 0 Å². The van der Waals surface area contributed by atoms with Crippen LogP contribution in [0.3, 0.4) is 0 Å². The number of amides is 2. The highest BCUT2D eigenvalue weighted by Crippen LogP contribution is 2.35. The molecular weight excluding hydrogens is 316 g/mol. The van der Waals surface area contributed by atoms with E-state index in [1.54, 1.807) is 0 Å². The largest absolute Gasteiger partial charge is 0.395 e. The van der Waals surface area contributed by atoms with Crippen LogP contribution in [-0.2, 0) is 6.42 Å². The molecule has 0 aromatic heterocycles. The van der Waals surface area contributed by atoms with Crippen LogP contribution in [0.2, 0.25) is 0 Å². The Labute approximate surface area is 149 Å². The third-order valence-corrected chi connectivity index (χ3v) is 5.96. The first kappa shape index (κ1) is 16.8. The van der Waals surface area contributed by atoms with Crippen molar-refractivity contribution in [1.82, 2.24) is 20.0 Å². The van der Waals surface area contributed by atoms with Crippen LogP contribution in [0.5, 0.6) is 0 Å². The van der Waals surface area contributed by atoms with E-state index in [1.807, 2.05) is 11.0 Å². The lowest BCUT2D eigenvalue weighted by molar-refractivity contribution is 0.0140. The fourth-order valence-corrected chi connectivity index (χ4v) is 4.59. The summed E-state index contributed by atoms with van der Waals surface area (Å²) in [6, 6.07) is 8.79. The number of aliphatic hydroxyl groups is 1. The molecule has 136 valence electrons. The summed E-state index contributed by atoms with van der Waals surface area (Å²) >= 11 is 0. The fourth-order valence-electron chi connectivity index (χ4n) is 4.59. The topological polar surface area (TPSA) is 59.1 Å². The number of aryl methyl sites for hydroxylation is 1. The van der Waals surface area contributed by atoms with E-state index in [2.05, 4.69) is 33.3 Å². The van der Waals surface area contributed by atoms with Gasteiger partial charge in [-0.3, -0.25) is 9.80 Å². The van der Waals surface area contributed by atoms with E-state index in [4.69, 9.17) is 0 Å². The van der Waals surface area contributed by atoms with Crippen molar-refractivity contribution in [2.75, 3.05) is 52.4 Å². The normalized spacial score (nSPS) is 30.1. The highest BCUT2D eigenvalue weighted by Gasteiger charge is 2.34. The van der Waals surface area contributed by atoms with E-state index in [9.17, 15) is 9.90 Å². The molecule has 5 rings (SSSR count). The standard InChI is InChI=1S/C19H28N4O2/c24-12-11-23(18-6-5-15-3-1-2-4-17(15)18)19(25)20-13-16-14-21-7-9-22(16)10-8-21/h1-4,16,18,24H,5-14H2,(H,20,25). The summed E-state index contributed by atoms with van der Waals surface area (Å²) in [5.41, 5.74) is 2.56. The maximum Gasteiger partial charge on any atom is 0.318 e. The predicted molar refractivity (Wildman–Crippen MR) is 96.5 cm³/mol. The zero-order chi connectivity index (χ0) is 17.2. The van der Waals surface area contributed by atoms with E-state index < -0.39 is 0 Å². The molecule has 2 amide bonds. The second kappa shape index (κ2) is 7.32. The molecule has 25 heavy (non-hydrogen) atoms. The van der Waals surface area contributed by atoms with Crippen LogP contribution in [0, 0.1) is 0 Å². The molecule has 4 aliphatic rings. The molecule has 0 saturated carbocycles. The Morgan fingerprint density at radius 1 is 1.24 bits per heavy atom. The Hall–Kier alpha value is -1.63. The summed E-state index contributed by atoms with van der Waals surface area (Å²) < 4.78 is 0. The minimum Gasteiger partial charge on any atom is -0.395 e. The molecule has 0 spiro atoms. The third-order valence-electron chi connectivity index (χ3n) is 5.96. The molecule has 2 bridgehead atoms. The molecule has 3 aliphatic heterocycles. The minimum absolute atomic E-state index is 0.00455. The molecule has 0 radical (unpaired) electrons. The van der Waals surface area contributed by atoms with Crippen LogP contribution in [0.1, 0.15) is 23.6 Å². The Morgan fingerprint density at radius 2 is 2.04 bits per heavy atom. The first-order valence-corrected chi connectivity index (χ1v) is 9.46. The first-order valence-electron chi connectivity index (χ1n) is 9.46. The summed E-state index contributed by atoms with van der Waals surface area (Å²) in [5, 5.41) is 12.6. The number of carbonyl (C=O) groups excluding carboxylic acids is 1. The number of nitrogens with one attached hydrogen (secondary N) is 1. The number of hydrogen-bond donors (Lipinski definition) is 2. The van der Waals surface area contributed by atoms with E-state index in [0.29, 0.717) is 19.1 Å². The van der Waals surface area contributed by atoms with Gasteiger partial charge in [0.25, 0.3) is 0 Å². The second-order valence-electron chi connectivity index (χ2n) is 7.35. The molecule has 1 aromatic rings. The highest BCUT2D eigenvalue weighted by molar-refractivity contribution is 5.75. The average molecular weight is 344 g/mol. The first-order chi connectivity index (χ1) is 12.3. The second-order valence-corrected chi connectivity index (χ2v) is 7.35. The lowest BCUT2D eigenvalue weighted by Gasteiger charge is -2.47. The molecular formula is C19H28N4O2. The summed E-state index contributed by atoms with van der Waals surface area (Å²) in [7, 11) is 0. The van der Waals surface area contributed by atoms with E-state index in [0.717, 1.165) is 45.6 Å². The number of rotatable bonds is 5. The lowest BCUT2D eigenvalue weighted by Crippen LogP contribution is -2.64. The van der Waals surface area contributed by atoms with Gasteiger partial charge in [0.15, 0.2) is 0 Å². The molecule has 1 aromatic carbocycles. The highest BCUT2D eigenvalue weighted by atomic mass is 16.3. The molecule has 3 heterocycles. The van der Waals surface area contributed by atoms with Crippen molar-refractivity contribution < 1.29 is 9.90 Å². The molecule has 2 N–H and O–H groups in total. The van der Waals surface area contributed by atoms with Crippen molar-refractivity contribution in [3.8, 4) is 0 Å². The van der Waals surface area contributed by atoms with Gasteiger partial charge in [-0.25, -0.2) is 4.79 Å². The molecule has 6 nitrogen and oxygen atoms in total. The summed E-state index contributed by atoms with van der Waals surface area (Å²) in [6.45, 7) is 6.63. The molecule has 2 unspecified atom stereocenters. The van der Waals surface area contributed by atoms with Gasteiger partial charge in [-0.05, 0) is 24.0 Å². The quantitative estimate of drug-likeness (QED) is 0.825. The Morgan fingerprint density at radius 3 is 2.76 bits per heavy atom. The van der Waals surface area contributed by atoms with Gasteiger partial charge in [-0.15, -0.1) is 0 Å². The lowest BCUT2D eigenvalue weighted by atomic mass is 10.1. The van der Waals surface area contributed by atoms with Crippen molar-refractivity contribution in [1.29, 1.82) is 0 Å². The number of fused-ring (bicyclic) bond motifs is 4. The fraction of sp³-hybridized carbons (Fsp3) is 0.632. The number of hydrogen-bond acceptors (Lipinski definition) is 4. The summed E-state index contributed by atoms with van der Waals surface area (Å²) in [6.07, 6.45) is 1.94. The van der Waals surface area contributed by atoms with Gasteiger partial charge >= 0.3 is 6.03 Å². The number of carbonyl (C=O) groups is 1. The zero-order valence-electron chi connectivity index (χ0n) is 14.7. The summed E-state index contributed by atoms with van der Waals surface area (Å²) in [4.78, 5) is 19.6. The van der Waals surface area contributed by atoms with Crippen LogP contribution in [0.4, 0.5) is 4.79 Å². The van der Waals surface area contributed by atoms with E-state index in [-0.39, 0.29) is 18.7 Å². The van der Waals surface area contributed by atoms with E-state index >= 15 is 0 Å². The molecule has 1 aliphatic carbocycles. The van der Waals surface area contributed by atoms with Crippen molar-refractivity contribution in [3.63, 3.8) is 0 Å². The van der Waals surface area contributed by atoms with Gasteiger partial charge in [0.2, 0.25) is 0 Å². The van der Waals surface area contributed by atoms with Crippen LogP contribution in [0.15, 0.2) is 24.3 Å². The Bertz CT molecular complexity index is 615. The van der Waals surface area contributed by atoms with Crippen LogP contribution >= 0.6 is 0 Å². The van der Waals surface area contributed by atoms with Crippen LogP contribution < -0.4 is 5.32 Å². The van der Waals surface area contributed by atoms with Crippen molar-refractivity contribution >= 4 is 6.03 Å². The smallest absolute Gasteiger partial charge is 0.318 e. The zero-order valence-corrected chi connectivity index (χ0v) is 14.7. The molecule has 3 saturated heterocycles. The minimum atomic E-state index is -0.0478.